The fraction of sp³-hybridized carbons (Fsp3) is 0.176. The maximum atomic E-state index is 13.0. The average Bonchev–Trinajstić information content (AvgIpc) is 3.40. The number of H-pyrrole nitrogens is 1. The molecule has 0 saturated heterocycles. The summed E-state index contributed by atoms with van der Waals surface area (Å²) in [7, 11) is -9.00. The number of para-hydroxylation sites is 1. The molecular formula is C17H18N8O5S3. The zero-order valence-electron chi connectivity index (χ0n) is 16.7. The van der Waals surface area contributed by atoms with Crippen LogP contribution in [0.4, 0.5) is 5.13 Å². The highest BCUT2D eigenvalue weighted by Gasteiger charge is 2.33. The van der Waals surface area contributed by atoms with Crippen molar-refractivity contribution in [3.63, 3.8) is 0 Å². The lowest BCUT2D eigenvalue weighted by Gasteiger charge is -2.17. The second-order valence-corrected chi connectivity index (χ2v) is 11.5. The van der Waals surface area contributed by atoms with Crippen LogP contribution in [0.25, 0.3) is 32.7 Å². The molecule has 0 amide bonds. The van der Waals surface area contributed by atoms with E-state index in [0.29, 0.717) is 16.2 Å². The molecular weight excluding hydrogens is 492 g/mol. The van der Waals surface area contributed by atoms with Gasteiger partial charge in [-0.3, -0.25) is 0 Å². The fourth-order valence-electron chi connectivity index (χ4n) is 3.40. The summed E-state index contributed by atoms with van der Waals surface area (Å²) >= 11 is 1.23. The van der Waals surface area contributed by atoms with Crippen LogP contribution in [0, 0.1) is 0 Å². The first kappa shape index (κ1) is 23.1. The predicted octanol–water partition coefficient (Wildman–Crippen LogP) is -0.534. The summed E-state index contributed by atoms with van der Waals surface area (Å²) in [5, 5.41) is 29.0. The van der Waals surface area contributed by atoms with Crippen molar-refractivity contribution in [2.45, 2.75) is 15.9 Å². The summed E-state index contributed by atoms with van der Waals surface area (Å²) in [6.07, 6.45) is -1.41. The Hall–Kier alpha value is -3.02. The summed E-state index contributed by atoms with van der Waals surface area (Å²) in [5.74, 6) is -1.01. The number of benzene rings is 2. The number of aliphatic hydroxyl groups excluding tert-OH is 1. The number of nitrogens with one attached hydrogen (secondary N) is 1. The van der Waals surface area contributed by atoms with Gasteiger partial charge in [0.15, 0.2) is 15.0 Å². The zero-order chi connectivity index (χ0) is 24.0. The average molecular weight is 511 g/mol. The van der Waals surface area contributed by atoms with Crippen molar-refractivity contribution in [3.8, 4) is 22.5 Å². The lowest BCUT2D eigenvalue weighted by molar-refractivity contribution is 0.205. The van der Waals surface area contributed by atoms with E-state index in [9.17, 15) is 21.9 Å². The SMILES string of the molecule is NC[C@@H](O)CS(=O)(=O)c1ccc(-c2cccc3sc(N)nc23)c(-c2nn[nH]n2)c1S(N)(=O)=O. The molecule has 33 heavy (non-hydrogen) atoms. The highest BCUT2D eigenvalue weighted by molar-refractivity contribution is 7.93. The maximum Gasteiger partial charge on any atom is 0.240 e. The number of fused-ring (bicyclic) bond motifs is 1. The van der Waals surface area contributed by atoms with Crippen LogP contribution in [0.5, 0.6) is 0 Å². The van der Waals surface area contributed by atoms with E-state index in [1.54, 1.807) is 18.2 Å². The van der Waals surface area contributed by atoms with Gasteiger partial charge in [0.1, 0.15) is 4.90 Å². The van der Waals surface area contributed by atoms with Crippen molar-refractivity contribution in [2.75, 3.05) is 18.0 Å². The molecule has 0 aliphatic heterocycles. The molecule has 2 aromatic heterocycles. The number of thiazole rings is 1. The number of hydrogen-bond acceptors (Lipinski definition) is 12. The first-order valence-electron chi connectivity index (χ1n) is 9.23. The first-order valence-corrected chi connectivity index (χ1v) is 13.2. The van der Waals surface area contributed by atoms with Gasteiger partial charge in [-0.25, -0.2) is 27.0 Å². The van der Waals surface area contributed by atoms with E-state index in [4.69, 9.17) is 16.6 Å². The number of tetrazole rings is 1. The number of sulfone groups is 1. The third-order valence-corrected chi connectivity index (χ3v) is 8.53. The lowest BCUT2D eigenvalue weighted by atomic mass is 9.98. The Labute approximate surface area is 191 Å². The van der Waals surface area contributed by atoms with E-state index in [2.05, 4.69) is 25.6 Å². The number of primary sulfonamides is 1. The van der Waals surface area contributed by atoms with Gasteiger partial charge >= 0.3 is 0 Å². The van der Waals surface area contributed by atoms with Crippen LogP contribution in [0.15, 0.2) is 40.1 Å². The number of anilines is 1. The maximum absolute atomic E-state index is 13.0. The second-order valence-electron chi connectivity index (χ2n) is 6.97. The highest BCUT2D eigenvalue weighted by atomic mass is 32.2. The number of aliphatic hydroxyl groups is 1. The van der Waals surface area contributed by atoms with Gasteiger partial charge in [0.2, 0.25) is 15.8 Å². The van der Waals surface area contributed by atoms with Crippen LogP contribution in [0.2, 0.25) is 0 Å². The number of nitrogen functional groups attached to an aromatic ring is 1. The van der Waals surface area contributed by atoms with E-state index in [1.807, 2.05) is 0 Å². The smallest absolute Gasteiger partial charge is 0.240 e. The molecule has 0 fully saturated rings. The van der Waals surface area contributed by atoms with Gasteiger partial charge in [0.05, 0.1) is 32.5 Å². The van der Waals surface area contributed by atoms with Crippen molar-refractivity contribution < 1.29 is 21.9 Å². The third kappa shape index (κ3) is 4.31. The molecule has 1 atom stereocenters. The molecule has 0 spiro atoms. The van der Waals surface area contributed by atoms with Crippen LogP contribution in [-0.2, 0) is 19.9 Å². The third-order valence-electron chi connectivity index (χ3n) is 4.72. The van der Waals surface area contributed by atoms with Crippen molar-refractivity contribution in [1.29, 1.82) is 0 Å². The second kappa shape index (κ2) is 8.40. The van der Waals surface area contributed by atoms with Crippen molar-refractivity contribution in [1.82, 2.24) is 25.6 Å². The Bertz CT molecular complexity index is 1550. The molecule has 0 saturated carbocycles. The minimum Gasteiger partial charge on any atom is -0.391 e. The van der Waals surface area contributed by atoms with Gasteiger partial charge in [0, 0.05) is 12.1 Å². The van der Waals surface area contributed by atoms with Crippen LogP contribution in [0.1, 0.15) is 0 Å². The largest absolute Gasteiger partial charge is 0.391 e. The van der Waals surface area contributed by atoms with Crippen LogP contribution in [-0.4, -0.2) is 66.0 Å². The van der Waals surface area contributed by atoms with Gasteiger partial charge < -0.3 is 16.6 Å². The number of aromatic nitrogens is 5. The standard InChI is InChI=1S/C17H18N8O5S3/c18-6-8(26)7-32(27,28)12-5-4-9(10-2-1-3-11-14(10)21-17(19)31-11)13(15(12)33(20,29)30)16-22-24-25-23-16/h1-5,8,26H,6-7,18H2,(H2,19,21)(H2,20,29,30)(H,22,23,24,25)/t8-/m1/s1. The molecule has 4 aromatic rings. The molecule has 0 aliphatic rings. The zero-order valence-corrected chi connectivity index (χ0v) is 19.2. The van der Waals surface area contributed by atoms with Gasteiger partial charge in [-0.2, -0.15) is 5.21 Å². The quantitative estimate of drug-likeness (QED) is 0.212. The van der Waals surface area contributed by atoms with Crippen molar-refractivity contribution >= 4 is 46.5 Å². The summed E-state index contributed by atoms with van der Waals surface area (Å²) < 4.78 is 52.2. The molecule has 0 unspecified atom stereocenters. The van der Waals surface area contributed by atoms with Crippen LogP contribution < -0.4 is 16.6 Å². The summed E-state index contributed by atoms with van der Waals surface area (Å²) in [6, 6.07) is 7.67. The van der Waals surface area contributed by atoms with Crippen molar-refractivity contribution in [2.24, 2.45) is 10.9 Å². The van der Waals surface area contributed by atoms with Crippen LogP contribution >= 0.6 is 11.3 Å². The Kier molecular flexibility index (Phi) is 5.89. The first-order chi connectivity index (χ1) is 15.5. The Morgan fingerprint density at radius 1 is 1.12 bits per heavy atom. The number of nitrogens with zero attached hydrogens (tertiary/aromatic N) is 4. The minimum atomic E-state index is -4.65. The number of hydrogen-bond donors (Lipinski definition) is 5. The monoisotopic (exact) mass is 510 g/mol. The molecule has 2 heterocycles. The molecule has 0 radical (unpaired) electrons. The Balaban J connectivity index is 2.13. The predicted molar refractivity (Wildman–Crippen MR) is 121 cm³/mol. The lowest BCUT2D eigenvalue weighted by Crippen LogP contribution is -2.30. The number of aromatic amines is 1. The normalized spacial score (nSPS) is 13.4. The van der Waals surface area contributed by atoms with Crippen molar-refractivity contribution in [3.05, 3.63) is 30.3 Å². The van der Waals surface area contributed by atoms with Crippen LogP contribution in [0.3, 0.4) is 0 Å². The highest BCUT2D eigenvalue weighted by Crippen LogP contribution is 2.42. The molecule has 8 N–H and O–H groups in total. The van der Waals surface area contributed by atoms with E-state index >= 15 is 0 Å². The molecule has 2 aromatic carbocycles. The Morgan fingerprint density at radius 2 is 1.88 bits per heavy atom. The topological polar surface area (TPSA) is 234 Å². The number of sulfonamides is 1. The fourth-order valence-corrected chi connectivity index (χ4v) is 7.21. The van der Waals surface area contributed by atoms with E-state index < -0.39 is 41.5 Å². The summed E-state index contributed by atoms with van der Waals surface area (Å²) in [4.78, 5) is 2.96. The number of nitrogens with two attached hydrogens (primary N) is 3. The minimum absolute atomic E-state index is 0.186. The summed E-state index contributed by atoms with van der Waals surface area (Å²) in [6.45, 7) is -0.340. The molecule has 13 nitrogen and oxygen atoms in total. The molecule has 0 aliphatic carbocycles. The van der Waals surface area contributed by atoms with Gasteiger partial charge in [-0.05, 0) is 22.9 Å². The summed E-state index contributed by atoms with van der Waals surface area (Å²) in [5.41, 5.74) is 12.2. The number of rotatable bonds is 7. The van der Waals surface area contributed by atoms with Gasteiger partial charge in [-0.15, -0.1) is 10.2 Å². The van der Waals surface area contributed by atoms with E-state index in [-0.39, 0.29) is 23.5 Å². The van der Waals surface area contributed by atoms with E-state index in [1.165, 1.54) is 17.4 Å². The molecule has 4 rings (SSSR count). The van der Waals surface area contributed by atoms with Gasteiger partial charge in [0.25, 0.3) is 0 Å². The Morgan fingerprint density at radius 3 is 2.52 bits per heavy atom. The molecule has 0 bridgehead atoms. The molecule has 174 valence electrons. The van der Waals surface area contributed by atoms with Gasteiger partial charge in [-0.1, -0.05) is 29.5 Å². The molecule has 16 heteroatoms. The van der Waals surface area contributed by atoms with E-state index in [0.717, 1.165) is 10.8 Å².